The predicted octanol–water partition coefficient (Wildman–Crippen LogP) is 4.78. The Balaban J connectivity index is 1.36. The molecule has 1 heterocycles. The Hall–Kier alpha value is -4.05. The van der Waals surface area contributed by atoms with Crippen molar-refractivity contribution in [1.29, 1.82) is 0 Å². The van der Waals surface area contributed by atoms with Crippen LogP contribution in [-0.4, -0.2) is 19.4 Å². The molecular weight excluding hydrogens is 454 g/mol. The molecule has 168 valence electrons. The maximum Gasteiger partial charge on any atom is 0.338 e. The van der Waals surface area contributed by atoms with Crippen molar-refractivity contribution in [2.24, 2.45) is 0 Å². The zero-order valence-electron chi connectivity index (χ0n) is 16.9. The first kappa shape index (κ1) is 22.2. The highest BCUT2D eigenvalue weighted by Gasteiger charge is 2.15. The fourth-order valence-electron chi connectivity index (χ4n) is 2.84. The van der Waals surface area contributed by atoms with E-state index < -0.39 is 21.8 Å². The second-order valence-electron chi connectivity index (χ2n) is 6.84. The number of benzene rings is 3. The lowest BCUT2D eigenvalue weighted by molar-refractivity contribution is 0.0439. The lowest BCUT2D eigenvalue weighted by Gasteiger charge is -2.09. The largest absolute Gasteiger partial charge is 0.452 e. The van der Waals surface area contributed by atoms with E-state index >= 15 is 0 Å². The van der Waals surface area contributed by atoms with E-state index in [4.69, 9.17) is 9.15 Å². The third kappa shape index (κ3) is 5.42. The van der Waals surface area contributed by atoms with Crippen molar-refractivity contribution in [3.8, 4) is 11.3 Å². The first-order valence-corrected chi connectivity index (χ1v) is 11.0. The molecule has 0 atom stereocenters. The van der Waals surface area contributed by atoms with Crippen molar-refractivity contribution in [2.45, 2.75) is 11.5 Å². The number of halogens is 2. The molecule has 0 aliphatic heterocycles. The molecule has 4 aromatic rings. The molecule has 0 unspecified atom stereocenters. The van der Waals surface area contributed by atoms with Crippen LogP contribution in [0.25, 0.3) is 11.3 Å². The van der Waals surface area contributed by atoms with Gasteiger partial charge in [-0.15, -0.1) is 0 Å². The van der Waals surface area contributed by atoms with Crippen molar-refractivity contribution in [3.05, 3.63) is 102 Å². The first-order valence-electron chi connectivity index (χ1n) is 9.56. The number of hydrogen-bond donors (Lipinski definition) is 1. The van der Waals surface area contributed by atoms with Gasteiger partial charge in [0.25, 0.3) is 10.0 Å². The summed E-state index contributed by atoms with van der Waals surface area (Å²) in [6, 6.07) is 15.6. The van der Waals surface area contributed by atoms with Crippen molar-refractivity contribution in [2.75, 3.05) is 4.72 Å². The number of rotatable bonds is 7. The van der Waals surface area contributed by atoms with Gasteiger partial charge in [-0.25, -0.2) is 27.0 Å². The summed E-state index contributed by atoms with van der Waals surface area (Å²) in [4.78, 5) is 16.2. The molecule has 10 heteroatoms. The number of ether oxygens (including phenoxy) is 1. The van der Waals surface area contributed by atoms with E-state index in [1.165, 1.54) is 54.7 Å². The van der Waals surface area contributed by atoms with Crippen LogP contribution in [0.1, 0.15) is 16.2 Å². The van der Waals surface area contributed by atoms with Gasteiger partial charge in [0, 0.05) is 11.3 Å². The van der Waals surface area contributed by atoms with E-state index in [0.717, 1.165) is 24.3 Å². The number of sulfonamides is 1. The number of nitrogens with zero attached hydrogens (tertiary/aromatic N) is 1. The monoisotopic (exact) mass is 470 g/mol. The summed E-state index contributed by atoms with van der Waals surface area (Å²) in [5.41, 5.74) is 1.03. The van der Waals surface area contributed by atoms with E-state index in [-0.39, 0.29) is 34.5 Å². The Morgan fingerprint density at radius 1 is 0.909 bits per heavy atom. The number of nitrogens with one attached hydrogen (secondary N) is 1. The van der Waals surface area contributed by atoms with Crippen molar-refractivity contribution in [1.82, 2.24) is 4.98 Å². The highest BCUT2D eigenvalue weighted by atomic mass is 32.2. The fraction of sp³-hybridized carbons (Fsp3) is 0.0435. The zero-order chi connectivity index (χ0) is 23.4. The maximum atomic E-state index is 13.0. The summed E-state index contributed by atoms with van der Waals surface area (Å²) in [7, 11) is -3.91. The van der Waals surface area contributed by atoms with Crippen LogP contribution in [0, 0.1) is 11.6 Å². The summed E-state index contributed by atoms with van der Waals surface area (Å²) in [5.74, 6) is -1.02. The highest BCUT2D eigenvalue weighted by molar-refractivity contribution is 7.92. The molecule has 0 aliphatic carbocycles. The molecule has 1 aromatic heterocycles. The van der Waals surface area contributed by atoms with Gasteiger partial charge < -0.3 is 9.15 Å². The van der Waals surface area contributed by atoms with Gasteiger partial charge >= 0.3 is 5.97 Å². The van der Waals surface area contributed by atoms with Crippen LogP contribution in [0.5, 0.6) is 0 Å². The Morgan fingerprint density at radius 2 is 1.52 bits per heavy atom. The molecule has 0 saturated carbocycles. The number of oxazole rings is 1. The van der Waals surface area contributed by atoms with Gasteiger partial charge in [-0.2, -0.15) is 0 Å². The molecule has 3 aromatic carbocycles. The number of aromatic nitrogens is 1. The van der Waals surface area contributed by atoms with Crippen LogP contribution >= 0.6 is 0 Å². The Bertz CT molecular complexity index is 1370. The Kier molecular flexibility index (Phi) is 6.18. The normalized spacial score (nSPS) is 11.2. The summed E-state index contributed by atoms with van der Waals surface area (Å²) in [5, 5.41) is 0. The average Bonchev–Trinajstić information content (AvgIpc) is 3.27. The first-order chi connectivity index (χ1) is 15.8. The van der Waals surface area contributed by atoms with Gasteiger partial charge in [0.1, 0.15) is 11.6 Å². The molecule has 0 spiro atoms. The Labute approximate surface area is 187 Å². The highest BCUT2D eigenvalue weighted by Crippen LogP contribution is 2.21. The van der Waals surface area contributed by atoms with Crippen LogP contribution in [0.3, 0.4) is 0 Å². The summed E-state index contributed by atoms with van der Waals surface area (Å²) in [6.07, 6.45) is 1.44. The zero-order valence-corrected chi connectivity index (χ0v) is 17.7. The molecule has 0 amide bonds. The van der Waals surface area contributed by atoms with Gasteiger partial charge in [-0.3, -0.25) is 4.72 Å². The summed E-state index contributed by atoms with van der Waals surface area (Å²) in [6.45, 7) is -0.223. The van der Waals surface area contributed by atoms with Crippen molar-refractivity contribution < 1.29 is 31.1 Å². The minimum absolute atomic E-state index is 0.0988. The second kappa shape index (κ2) is 9.21. The van der Waals surface area contributed by atoms with Crippen LogP contribution in [-0.2, 0) is 21.4 Å². The number of hydrogen-bond acceptors (Lipinski definition) is 6. The second-order valence-corrected chi connectivity index (χ2v) is 8.52. The smallest absolute Gasteiger partial charge is 0.338 e. The third-order valence-corrected chi connectivity index (χ3v) is 5.90. The maximum absolute atomic E-state index is 13.0. The third-order valence-electron chi connectivity index (χ3n) is 4.51. The number of esters is 1. The molecular formula is C23H16F2N2O5S. The topological polar surface area (TPSA) is 98.5 Å². The van der Waals surface area contributed by atoms with Crippen LogP contribution in [0.4, 0.5) is 14.5 Å². The number of carbonyl (C=O) groups is 1. The van der Waals surface area contributed by atoms with Crippen LogP contribution < -0.4 is 4.72 Å². The van der Waals surface area contributed by atoms with Crippen molar-refractivity contribution >= 4 is 21.7 Å². The van der Waals surface area contributed by atoms with E-state index in [0.29, 0.717) is 11.3 Å². The minimum Gasteiger partial charge on any atom is -0.452 e. The predicted molar refractivity (Wildman–Crippen MR) is 115 cm³/mol. The van der Waals surface area contributed by atoms with Gasteiger partial charge in [0.15, 0.2) is 12.4 Å². The van der Waals surface area contributed by atoms with Crippen LogP contribution in [0.15, 0.2) is 88.3 Å². The van der Waals surface area contributed by atoms with E-state index in [2.05, 4.69) is 9.71 Å². The van der Waals surface area contributed by atoms with Gasteiger partial charge in [-0.1, -0.05) is 0 Å². The molecule has 0 fully saturated rings. The molecule has 7 nitrogen and oxygen atoms in total. The minimum atomic E-state index is -3.91. The van der Waals surface area contributed by atoms with Gasteiger partial charge in [-0.05, 0) is 72.8 Å². The quantitative estimate of drug-likeness (QED) is 0.391. The number of anilines is 1. The molecule has 1 N–H and O–H groups in total. The fourth-order valence-corrected chi connectivity index (χ4v) is 3.90. The summed E-state index contributed by atoms with van der Waals surface area (Å²) >= 11 is 0. The number of carbonyl (C=O) groups excluding carboxylic acids is 1. The molecule has 33 heavy (non-hydrogen) atoms. The lowest BCUT2D eigenvalue weighted by atomic mass is 10.2. The lowest BCUT2D eigenvalue weighted by Crippen LogP contribution is -2.13. The molecule has 0 bridgehead atoms. The van der Waals surface area contributed by atoms with E-state index in [1.807, 2.05) is 0 Å². The van der Waals surface area contributed by atoms with Crippen molar-refractivity contribution in [3.63, 3.8) is 0 Å². The van der Waals surface area contributed by atoms with E-state index in [1.54, 1.807) is 0 Å². The summed E-state index contributed by atoms with van der Waals surface area (Å²) < 4.78 is 63.8. The molecule has 0 aliphatic rings. The average molecular weight is 470 g/mol. The van der Waals surface area contributed by atoms with Gasteiger partial charge in [0.05, 0.1) is 16.7 Å². The SMILES string of the molecule is O=C(OCc1ncc(-c2ccc(F)cc2)o1)c1ccc(NS(=O)(=O)c2ccc(F)cc2)cc1. The standard InChI is InChI=1S/C23H16F2N2O5S/c24-17-5-1-15(2-6-17)21-13-26-22(32-21)14-31-23(28)16-3-9-19(10-4-16)27-33(29,30)20-11-7-18(25)8-12-20/h1-13,27H,14H2. The molecule has 4 rings (SSSR count). The van der Waals surface area contributed by atoms with Crippen LogP contribution in [0.2, 0.25) is 0 Å². The van der Waals surface area contributed by atoms with Gasteiger partial charge in [0.2, 0.25) is 5.89 Å². The molecule has 0 radical (unpaired) electrons. The molecule has 0 saturated heterocycles. The Morgan fingerprint density at radius 3 is 2.15 bits per heavy atom. The van der Waals surface area contributed by atoms with E-state index in [9.17, 15) is 22.0 Å².